The molecular formula is C18H35NO. The molecule has 0 fully saturated rings. The van der Waals surface area contributed by atoms with Gasteiger partial charge in [-0.1, -0.05) is 72.3 Å². The summed E-state index contributed by atoms with van der Waals surface area (Å²) >= 11 is 0. The van der Waals surface area contributed by atoms with Gasteiger partial charge in [0.15, 0.2) is 0 Å². The molecule has 0 aliphatic heterocycles. The second-order valence-corrected chi connectivity index (χ2v) is 5.77. The largest absolute Gasteiger partial charge is 0.339 e. The maximum atomic E-state index is 12.4. The van der Waals surface area contributed by atoms with Crippen LogP contribution >= 0.6 is 0 Å². The van der Waals surface area contributed by atoms with E-state index >= 15 is 0 Å². The van der Waals surface area contributed by atoms with Crippen molar-refractivity contribution < 1.29 is 4.79 Å². The Labute approximate surface area is 126 Å². The highest BCUT2D eigenvalue weighted by atomic mass is 16.2. The molecule has 1 amide bonds. The number of hydrogen-bond acceptors (Lipinski definition) is 1. The van der Waals surface area contributed by atoms with E-state index in [1.807, 2.05) is 4.90 Å². The summed E-state index contributed by atoms with van der Waals surface area (Å²) < 4.78 is 0. The normalized spacial score (nSPS) is 10.6. The lowest BCUT2D eigenvalue weighted by atomic mass is 10.1. The first-order valence-corrected chi connectivity index (χ1v) is 8.64. The fourth-order valence-electron chi connectivity index (χ4n) is 2.41. The van der Waals surface area contributed by atoms with Gasteiger partial charge < -0.3 is 4.90 Å². The highest BCUT2D eigenvalue weighted by molar-refractivity contribution is 5.92. The quantitative estimate of drug-likeness (QED) is 0.330. The zero-order chi connectivity index (χ0) is 15.2. The molecule has 0 rings (SSSR count). The van der Waals surface area contributed by atoms with Crippen LogP contribution in [0.15, 0.2) is 12.2 Å². The second-order valence-electron chi connectivity index (χ2n) is 5.77. The lowest BCUT2D eigenvalue weighted by Crippen LogP contribution is -2.33. The van der Waals surface area contributed by atoms with Crippen LogP contribution in [0.25, 0.3) is 0 Å². The van der Waals surface area contributed by atoms with Gasteiger partial charge in [0, 0.05) is 18.7 Å². The monoisotopic (exact) mass is 281 g/mol. The molecule has 0 saturated heterocycles. The van der Waals surface area contributed by atoms with E-state index in [0.29, 0.717) is 0 Å². The zero-order valence-corrected chi connectivity index (χ0v) is 14.0. The molecule has 2 heteroatoms. The van der Waals surface area contributed by atoms with Crippen molar-refractivity contribution in [2.75, 3.05) is 13.1 Å². The van der Waals surface area contributed by atoms with Crippen molar-refractivity contribution >= 4 is 5.91 Å². The van der Waals surface area contributed by atoms with Gasteiger partial charge in [-0.15, -0.1) is 0 Å². The standard InChI is InChI=1S/C18H35NO/c1-5-8-10-12-15-19(16-13-11-9-6-2)18(20)17(4)14-7-3/h4-16H2,1-3H3. The minimum Gasteiger partial charge on any atom is -0.339 e. The Bertz CT molecular complexity index is 248. The molecule has 0 aromatic rings. The maximum Gasteiger partial charge on any atom is 0.249 e. The number of unbranched alkanes of at least 4 members (excludes halogenated alkanes) is 6. The average molecular weight is 281 g/mol. The van der Waals surface area contributed by atoms with E-state index in [0.717, 1.165) is 44.3 Å². The Morgan fingerprint density at radius 3 is 1.70 bits per heavy atom. The van der Waals surface area contributed by atoms with Gasteiger partial charge in [0.05, 0.1) is 0 Å². The van der Waals surface area contributed by atoms with Crippen molar-refractivity contribution in [2.24, 2.45) is 0 Å². The first-order valence-electron chi connectivity index (χ1n) is 8.64. The average Bonchev–Trinajstić information content (AvgIpc) is 2.45. The molecule has 0 aromatic carbocycles. The smallest absolute Gasteiger partial charge is 0.249 e. The van der Waals surface area contributed by atoms with Gasteiger partial charge in [-0.2, -0.15) is 0 Å². The lowest BCUT2D eigenvalue weighted by molar-refractivity contribution is -0.127. The van der Waals surface area contributed by atoms with Crippen LogP contribution in [0.1, 0.15) is 85.0 Å². The highest BCUT2D eigenvalue weighted by Crippen LogP contribution is 2.11. The third-order valence-corrected chi connectivity index (χ3v) is 3.70. The summed E-state index contributed by atoms with van der Waals surface area (Å²) in [5.74, 6) is 0.194. The summed E-state index contributed by atoms with van der Waals surface area (Å²) in [4.78, 5) is 14.4. The molecule has 0 bridgehead atoms. The van der Waals surface area contributed by atoms with E-state index < -0.39 is 0 Å². The zero-order valence-electron chi connectivity index (χ0n) is 14.0. The van der Waals surface area contributed by atoms with Gasteiger partial charge >= 0.3 is 0 Å². The molecule has 118 valence electrons. The van der Waals surface area contributed by atoms with Crippen molar-refractivity contribution in [2.45, 2.75) is 85.0 Å². The fraction of sp³-hybridized carbons (Fsp3) is 0.833. The predicted octanol–water partition coefficient (Wildman–Crippen LogP) is 5.33. The molecule has 20 heavy (non-hydrogen) atoms. The molecule has 0 atom stereocenters. The fourth-order valence-corrected chi connectivity index (χ4v) is 2.41. The number of rotatable bonds is 13. The Morgan fingerprint density at radius 2 is 1.30 bits per heavy atom. The summed E-state index contributed by atoms with van der Waals surface area (Å²) in [6.45, 7) is 12.3. The van der Waals surface area contributed by atoms with Crippen LogP contribution in [0.2, 0.25) is 0 Å². The first kappa shape index (κ1) is 19.2. The number of carbonyl (C=O) groups is 1. The Balaban J connectivity index is 4.21. The number of amides is 1. The summed E-state index contributed by atoms with van der Waals surface area (Å²) in [5.41, 5.74) is 0.790. The van der Waals surface area contributed by atoms with E-state index in [4.69, 9.17) is 0 Å². The van der Waals surface area contributed by atoms with Gasteiger partial charge in [-0.25, -0.2) is 0 Å². The number of hydrogen-bond donors (Lipinski definition) is 0. The van der Waals surface area contributed by atoms with Crippen LogP contribution in [0, 0.1) is 0 Å². The number of nitrogens with zero attached hydrogens (tertiary/aromatic N) is 1. The molecule has 0 spiro atoms. The Morgan fingerprint density at radius 1 is 0.800 bits per heavy atom. The lowest BCUT2D eigenvalue weighted by Gasteiger charge is -2.23. The third kappa shape index (κ3) is 9.17. The second kappa shape index (κ2) is 13.2. The minimum absolute atomic E-state index is 0.194. The molecule has 0 aliphatic carbocycles. The van der Waals surface area contributed by atoms with Crippen LogP contribution in [-0.4, -0.2) is 23.9 Å². The van der Waals surface area contributed by atoms with Crippen LogP contribution in [0.5, 0.6) is 0 Å². The Hall–Kier alpha value is -0.790. The van der Waals surface area contributed by atoms with E-state index in [1.54, 1.807) is 0 Å². The van der Waals surface area contributed by atoms with E-state index in [9.17, 15) is 4.79 Å². The van der Waals surface area contributed by atoms with Gasteiger partial charge in [0.25, 0.3) is 0 Å². The van der Waals surface area contributed by atoms with E-state index in [1.165, 1.54) is 38.5 Å². The molecule has 0 unspecified atom stereocenters. The van der Waals surface area contributed by atoms with Crippen molar-refractivity contribution in [3.05, 3.63) is 12.2 Å². The van der Waals surface area contributed by atoms with Gasteiger partial charge in [0.2, 0.25) is 5.91 Å². The van der Waals surface area contributed by atoms with E-state index in [-0.39, 0.29) is 5.91 Å². The molecule has 0 heterocycles. The summed E-state index contributed by atoms with van der Waals surface area (Å²) in [6, 6.07) is 0. The van der Waals surface area contributed by atoms with Gasteiger partial charge in [-0.05, 0) is 19.3 Å². The molecule has 0 N–H and O–H groups in total. The van der Waals surface area contributed by atoms with Crippen molar-refractivity contribution in [3.63, 3.8) is 0 Å². The molecule has 0 radical (unpaired) electrons. The molecule has 2 nitrogen and oxygen atoms in total. The van der Waals surface area contributed by atoms with Crippen molar-refractivity contribution in [1.29, 1.82) is 0 Å². The van der Waals surface area contributed by atoms with Crippen molar-refractivity contribution in [3.8, 4) is 0 Å². The highest BCUT2D eigenvalue weighted by Gasteiger charge is 2.15. The van der Waals surface area contributed by atoms with Gasteiger partial charge in [0.1, 0.15) is 0 Å². The molecular weight excluding hydrogens is 246 g/mol. The molecule has 0 aliphatic rings. The minimum atomic E-state index is 0.194. The maximum absolute atomic E-state index is 12.4. The third-order valence-electron chi connectivity index (χ3n) is 3.70. The summed E-state index contributed by atoms with van der Waals surface area (Å²) in [6.07, 6.45) is 11.6. The van der Waals surface area contributed by atoms with Crippen LogP contribution < -0.4 is 0 Å². The SMILES string of the molecule is C=C(CCC)C(=O)N(CCCCCC)CCCCCC. The molecule has 0 saturated carbocycles. The summed E-state index contributed by atoms with van der Waals surface area (Å²) in [7, 11) is 0. The van der Waals surface area contributed by atoms with Crippen LogP contribution in [-0.2, 0) is 4.79 Å². The van der Waals surface area contributed by atoms with Crippen LogP contribution in [0.4, 0.5) is 0 Å². The van der Waals surface area contributed by atoms with Crippen molar-refractivity contribution in [1.82, 2.24) is 4.90 Å². The molecule has 0 aromatic heterocycles. The Kier molecular flexibility index (Phi) is 12.7. The van der Waals surface area contributed by atoms with Gasteiger partial charge in [-0.3, -0.25) is 4.79 Å². The summed E-state index contributed by atoms with van der Waals surface area (Å²) in [5, 5.41) is 0. The number of carbonyl (C=O) groups excluding carboxylic acids is 1. The topological polar surface area (TPSA) is 20.3 Å². The van der Waals surface area contributed by atoms with Crippen LogP contribution in [0.3, 0.4) is 0 Å². The van der Waals surface area contributed by atoms with E-state index in [2.05, 4.69) is 27.4 Å². The first-order chi connectivity index (χ1) is 9.67. The predicted molar refractivity (Wildman–Crippen MR) is 88.9 cm³/mol.